The van der Waals surface area contributed by atoms with Crippen LogP contribution in [0.3, 0.4) is 0 Å². The molecule has 6 nitrogen and oxygen atoms in total. The van der Waals surface area contributed by atoms with Crippen LogP contribution in [0, 0.1) is 11.6 Å². The molecule has 3 N–H and O–H groups in total. The molecule has 0 aliphatic rings. The molecule has 0 bridgehead atoms. The molecule has 2 aromatic heterocycles. The summed E-state index contributed by atoms with van der Waals surface area (Å²) < 4.78 is 29.3. The second kappa shape index (κ2) is 9.04. The summed E-state index contributed by atoms with van der Waals surface area (Å²) in [4.78, 5) is 20.3. The number of rotatable bonds is 7. The van der Waals surface area contributed by atoms with Gasteiger partial charge in [0.05, 0.1) is 12.2 Å². The van der Waals surface area contributed by atoms with Crippen molar-refractivity contribution in [3.63, 3.8) is 0 Å². The van der Waals surface area contributed by atoms with Gasteiger partial charge >= 0.3 is 6.03 Å². The smallest absolute Gasteiger partial charge is 0.312 e. The summed E-state index contributed by atoms with van der Waals surface area (Å²) in [6, 6.07) is 6.49. The van der Waals surface area contributed by atoms with E-state index in [1.54, 1.807) is 12.4 Å². The Balaban J connectivity index is 2.08. The van der Waals surface area contributed by atoms with Crippen molar-refractivity contribution in [3.05, 3.63) is 71.4 Å². The summed E-state index contributed by atoms with van der Waals surface area (Å²) >= 11 is 1.23. The van der Waals surface area contributed by atoms with Crippen molar-refractivity contribution < 1.29 is 13.6 Å². The predicted molar refractivity (Wildman–Crippen MR) is 107 cm³/mol. The molecule has 152 valence electrons. The zero-order chi connectivity index (χ0) is 21.0. The van der Waals surface area contributed by atoms with Gasteiger partial charge in [0.2, 0.25) is 0 Å². The summed E-state index contributed by atoms with van der Waals surface area (Å²) in [6.45, 7) is 4.57. The molecule has 0 fully saturated rings. The number of carbonyl (C=O) groups excluding carboxylic acids is 1. The van der Waals surface area contributed by atoms with Crippen molar-refractivity contribution in [3.8, 4) is 0 Å². The van der Waals surface area contributed by atoms with Gasteiger partial charge in [0.15, 0.2) is 0 Å². The molecule has 29 heavy (non-hydrogen) atoms. The van der Waals surface area contributed by atoms with Gasteiger partial charge in [0.25, 0.3) is 0 Å². The van der Waals surface area contributed by atoms with Crippen molar-refractivity contribution in [2.75, 3.05) is 0 Å². The maximum absolute atomic E-state index is 13.7. The Morgan fingerprint density at radius 1 is 1.21 bits per heavy atom. The van der Waals surface area contributed by atoms with E-state index in [2.05, 4.69) is 15.3 Å². The molecular formula is C20H21F2N5OS. The lowest BCUT2D eigenvalue weighted by Crippen LogP contribution is -2.30. The Morgan fingerprint density at radius 2 is 1.86 bits per heavy atom. The van der Waals surface area contributed by atoms with E-state index in [1.807, 2.05) is 30.5 Å². The number of aromatic nitrogens is 3. The highest BCUT2D eigenvalue weighted by Crippen LogP contribution is 2.36. The van der Waals surface area contributed by atoms with E-state index in [4.69, 9.17) is 5.73 Å². The van der Waals surface area contributed by atoms with Crippen LogP contribution in [0.15, 0.2) is 52.6 Å². The largest absolute Gasteiger partial charge is 0.352 e. The Labute approximate surface area is 171 Å². The first kappa shape index (κ1) is 20.8. The molecular weight excluding hydrogens is 396 g/mol. The maximum atomic E-state index is 13.7. The number of nitrogens with zero attached hydrogens (tertiary/aromatic N) is 3. The van der Waals surface area contributed by atoms with Crippen LogP contribution in [0.5, 0.6) is 0 Å². The molecule has 2 amide bonds. The molecule has 0 unspecified atom stereocenters. The topological polar surface area (TPSA) is 85.8 Å². The van der Waals surface area contributed by atoms with Gasteiger partial charge in [-0.05, 0) is 35.7 Å². The van der Waals surface area contributed by atoms with Gasteiger partial charge in [-0.25, -0.2) is 18.6 Å². The minimum absolute atomic E-state index is 0.0573. The van der Waals surface area contributed by atoms with Crippen LogP contribution in [-0.4, -0.2) is 20.6 Å². The minimum Gasteiger partial charge on any atom is -0.352 e. The van der Waals surface area contributed by atoms with Crippen LogP contribution < -0.4 is 11.1 Å². The molecule has 0 atom stereocenters. The van der Waals surface area contributed by atoms with Crippen molar-refractivity contribution >= 4 is 17.8 Å². The fourth-order valence-electron chi connectivity index (χ4n) is 2.82. The molecule has 0 spiro atoms. The monoisotopic (exact) mass is 417 g/mol. The van der Waals surface area contributed by atoms with Gasteiger partial charge in [0, 0.05) is 29.9 Å². The van der Waals surface area contributed by atoms with E-state index >= 15 is 0 Å². The van der Waals surface area contributed by atoms with Crippen LogP contribution in [0.1, 0.15) is 36.8 Å². The fraction of sp³-hybridized carbons (Fsp3) is 0.250. The van der Waals surface area contributed by atoms with Gasteiger partial charge in [-0.1, -0.05) is 25.6 Å². The Hall–Kier alpha value is -2.94. The number of primary amides is 1. The van der Waals surface area contributed by atoms with Crippen LogP contribution in [0.25, 0.3) is 0 Å². The third-order valence-electron chi connectivity index (χ3n) is 4.13. The summed E-state index contributed by atoms with van der Waals surface area (Å²) in [6.07, 6.45) is 3.37. The first-order valence-corrected chi connectivity index (χ1v) is 9.80. The van der Waals surface area contributed by atoms with E-state index in [9.17, 15) is 13.6 Å². The summed E-state index contributed by atoms with van der Waals surface area (Å²) in [5, 5.41) is 3.32. The van der Waals surface area contributed by atoms with E-state index in [0.29, 0.717) is 17.3 Å². The summed E-state index contributed by atoms with van der Waals surface area (Å²) in [7, 11) is 0. The number of urea groups is 1. The number of halogens is 2. The number of hydrogen-bond donors (Lipinski definition) is 2. The van der Waals surface area contributed by atoms with E-state index < -0.39 is 17.7 Å². The summed E-state index contributed by atoms with van der Waals surface area (Å²) in [5.74, 6) is -0.630. The Kier molecular flexibility index (Phi) is 6.48. The molecule has 0 aliphatic heterocycles. The Morgan fingerprint density at radius 3 is 2.45 bits per heavy atom. The number of hydrogen-bond acceptors (Lipinski definition) is 4. The zero-order valence-corrected chi connectivity index (χ0v) is 16.8. The lowest BCUT2D eigenvalue weighted by atomic mass is 10.1. The number of imidazole rings is 1. The number of benzene rings is 1. The lowest BCUT2D eigenvalue weighted by molar-refractivity contribution is 0.248. The van der Waals surface area contributed by atoms with Crippen molar-refractivity contribution in [1.29, 1.82) is 0 Å². The highest BCUT2D eigenvalue weighted by Gasteiger charge is 2.21. The molecule has 0 saturated carbocycles. The van der Waals surface area contributed by atoms with E-state index in [1.165, 1.54) is 23.9 Å². The van der Waals surface area contributed by atoms with Crippen LogP contribution in [0.4, 0.5) is 13.6 Å². The van der Waals surface area contributed by atoms with Crippen molar-refractivity contribution in [1.82, 2.24) is 19.9 Å². The van der Waals surface area contributed by atoms with Gasteiger partial charge < -0.3 is 15.6 Å². The van der Waals surface area contributed by atoms with Gasteiger partial charge in [-0.15, -0.1) is 0 Å². The maximum Gasteiger partial charge on any atom is 0.312 e. The Bertz CT molecular complexity index is 987. The number of nitrogens with one attached hydrogen (secondary N) is 1. The SMILES string of the molecule is CC(C)c1nc(CNC(N)=O)n(Cc2ccncc2)c1Sc1cc(F)cc(F)c1. The van der Waals surface area contributed by atoms with Crippen LogP contribution >= 0.6 is 11.8 Å². The molecule has 2 heterocycles. The molecule has 0 radical (unpaired) electrons. The first-order valence-electron chi connectivity index (χ1n) is 8.99. The predicted octanol–water partition coefficient (Wildman–Crippen LogP) is 4.05. The highest BCUT2D eigenvalue weighted by atomic mass is 32.2. The van der Waals surface area contributed by atoms with Crippen LogP contribution in [0.2, 0.25) is 0 Å². The number of carbonyl (C=O) groups is 1. The number of amides is 2. The standard InChI is InChI=1S/C20H21F2N5OS/c1-12(2)18-19(29-16-8-14(21)7-15(22)9-16)27(11-13-3-5-24-6-4-13)17(26-18)10-25-20(23)28/h3-9,12H,10-11H2,1-2H3,(H3,23,25,28). The number of pyridine rings is 1. The third kappa shape index (κ3) is 5.32. The minimum atomic E-state index is -0.657. The summed E-state index contributed by atoms with van der Waals surface area (Å²) in [5.41, 5.74) is 6.97. The molecule has 0 aliphatic carbocycles. The second-order valence-corrected chi connectivity index (χ2v) is 7.80. The van der Waals surface area contributed by atoms with E-state index in [0.717, 1.165) is 22.3 Å². The van der Waals surface area contributed by atoms with Gasteiger partial charge in [-0.3, -0.25) is 4.98 Å². The molecule has 1 aromatic carbocycles. The number of nitrogens with two attached hydrogens (primary N) is 1. The fourth-order valence-corrected chi connectivity index (χ4v) is 4.05. The molecule has 0 saturated heterocycles. The van der Waals surface area contributed by atoms with Gasteiger partial charge in [-0.2, -0.15) is 0 Å². The van der Waals surface area contributed by atoms with Crippen LogP contribution in [-0.2, 0) is 13.1 Å². The van der Waals surface area contributed by atoms with Gasteiger partial charge in [0.1, 0.15) is 22.5 Å². The van der Waals surface area contributed by atoms with Crippen molar-refractivity contribution in [2.24, 2.45) is 5.73 Å². The normalized spacial score (nSPS) is 11.1. The van der Waals surface area contributed by atoms with Crippen molar-refractivity contribution in [2.45, 2.75) is 42.8 Å². The average Bonchev–Trinajstić information content (AvgIpc) is 2.97. The second-order valence-electron chi connectivity index (χ2n) is 6.74. The molecule has 3 aromatic rings. The quantitative estimate of drug-likeness (QED) is 0.607. The molecule has 9 heteroatoms. The van der Waals surface area contributed by atoms with E-state index in [-0.39, 0.29) is 12.5 Å². The first-order chi connectivity index (χ1) is 13.8. The third-order valence-corrected chi connectivity index (χ3v) is 5.23. The average molecular weight is 417 g/mol. The highest BCUT2D eigenvalue weighted by molar-refractivity contribution is 7.99. The molecule has 3 rings (SSSR count). The zero-order valence-electron chi connectivity index (χ0n) is 16.0. The lowest BCUT2D eigenvalue weighted by Gasteiger charge is -2.14.